The Morgan fingerprint density at radius 3 is 2.42 bits per heavy atom. The Morgan fingerprint density at radius 1 is 0.974 bits per heavy atom. The monoisotopic (exact) mass is 520 g/mol. The fourth-order valence-corrected chi connectivity index (χ4v) is 3.95. The van der Waals surface area contributed by atoms with Gasteiger partial charge in [0.1, 0.15) is 28.7 Å². The van der Waals surface area contributed by atoms with Crippen LogP contribution in [0.3, 0.4) is 0 Å². The summed E-state index contributed by atoms with van der Waals surface area (Å²) in [6.07, 6.45) is 0.592. The third-order valence-electron chi connectivity index (χ3n) is 5.94. The lowest BCUT2D eigenvalue weighted by atomic mass is 10.0. The van der Waals surface area contributed by atoms with Gasteiger partial charge in [0.25, 0.3) is 5.91 Å². The van der Waals surface area contributed by atoms with E-state index in [1.54, 1.807) is 18.2 Å². The number of benzene rings is 3. The number of amides is 1. The van der Waals surface area contributed by atoms with E-state index in [0.29, 0.717) is 41.6 Å². The summed E-state index contributed by atoms with van der Waals surface area (Å²) < 4.78 is 39.7. The van der Waals surface area contributed by atoms with Gasteiger partial charge in [0.2, 0.25) is 5.89 Å². The number of carboxylic acids is 1. The number of hydrogen-bond donors (Lipinski definition) is 2. The summed E-state index contributed by atoms with van der Waals surface area (Å²) in [7, 11) is 0. The Balaban J connectivity index is 1.44. The van der Waals surface area contributed by atoms with E-state index in [1.165, 1.54) is 6.07 Å². The second kappa shape index (κ2) is 12.1. The van der Waals surface area contributed by atoms with Crippen molar-refractivity contribution < 1.29 is 32.6 Å². The largest absolute Gasteiger partial charge is 0.493 e. The maximum atomic E-state index is 14.0. The molecule has 38 heavy (non-hydrogen) atoms. The van der Waals surface area contributed by atoms with Crippen LogP contribution in [0, 0.1) is 18.6 Å². The van der Waals surface area contributed by atoms with Crippen molar-refractivity contribution in [2.24, 2.45) is 0 Å². The molecule has 0 radical (unpaired) electrons. The molecule has 0 spiro atoms. The molecule has 4 rings (SSSR count). The van der Waals surface area contributed by atoms with Crippen LogP contribution in [0.4, 0.5) is 8.78 Å². The number of hydrogen-bond acceptors (Lipinski definition) is 5. The first-order valence-corrected chi connectivity index (χ1v) is 12.0. The Hall–Kier alpha value is -4.53. The number of nitrogens with zero attached hydrogens (tertiary/aromatic N) is 1. The first-order valence-electron chi connectivity index (χ1n) is 12.0. The molecular weight excluding hydrogens is 494 g/mol. The first kappa shape index (κ1) is 26.5. The Morgan fingerprint density at radius 2 is 1.71 bits per heavy atom. The molecule has 0 saturated heterocycles. The predicted molar refractivity (Wildman–Crippen MR) is 136 cm³/mol. The van der Waals surface area contributed by atoms with Crippen molar-refractivity contribution in [2.75, 3.05) is 6.61 Å². The number of carboxylic acid groups (broad SMARTS) is 1. The Bertz CT molecular complexity index is 1420. The highest BCUT2D eigenvalue weighted by Crippen LogP contribution is 2.23. The average molecular weight is 521 g/mol. The number of nitrogens with one attached hydrogen (secondary N) is 1. The second-order valence-corrected chi connectivity index (χ2v) is 8.59. The average Bonchev–Trinajstić information content (AvgIpc) is 3.27. The van der Waals surface area contributed by atoms with Gasteiger partial charge >= 0.3 is 5.97 Å². The molecule has 0 atom stereocenters. The molecule has 0 aliphatic heterocycles. The molecule has 1 aromatic heterocycles. The molecule has 0 saturated carbocycles. The topological polar surface area (TPSA) is 102 Å². The third-order valence-corrected chi connectivity index (χ3v) is 5.94. The summed E-state index contributed by atoms with van der Waals surface area (Å²) in [6, 6.07) is 17.9. The summed E-state index contributed by atoms with van der Waals surface area (Å²) in [5.41, 5.74) is 2.22. The molecule has 0 fully saturated rings. The molecule has 0 bridgehead atoms. The second-order valence-electron chi connectivity index (χ2n) is 8.59. The van der Waals surface area contributed by atoms with Gasteiger partial charge in [0.15, 0.2) is 0 Å². The first-order chi connectivity index (χ1) is 18.3. The van der Waals surface area contributed by atoms with Gasteiger partial charge in [-0.15, -0.1) is 0 Å². The maximum absolute atomic E-state index is 14.0. The quantitative estimate of drug-likeness (QED) is 0.271. The minimum atomic E-state index is -0.968. The van der Waals surface area contributed by atoms with Crippen LogP contribution in [0.1, 0.15) is 39.4 Å². The van der Waals surface area contributed by atoms with Crippen LogP contribution in [-0.2, 0) is 24.2 Å². The molecule has 1 heterocycles. The maximum Gasteiger partial charge on any atom is 0.303 e. The summed E-state index contributed by atoms with van der Waals surface area (Å²) in [6.45, 7) is 2.06. The van der Waals surface area contributed by atoms with Gasteiger partial charge in [-0.1, -0.05) is 30.3 Å². The summed E-state index contributed by atoms with van der Waals surface area (Å²) in [5.74, 6) is -2.09. The van der Waals surface area contributed by atoms with E-state index < -0.39 is 29.1 Å². The SMILES string of the molecule is Cc1oc(-c2ccccc2)nc1CCOc1ccc(CCC(=O)O)c(CNC(=O)c2c(F)cccc2F)c1. The normalized spacial score (nSPS) is 10.8. The molecule has 0 aliphatic rings. The fraction of sp³-hybridized carbons (Fsp3) is 0.207. The van der Waals surface area contributed by atoms with Crippen molar-refractivity contribution in [3.8, 4) is 17.2 Å². The van der Waals surface area contributed by atoms with Crippen LogP contribution in [-0.4, -0.2) is 28.6 Å². The smallest absolute Gasteiger partial charge is 0.303 e. The fourth-order valence-electron chi connectivity index (χ4n) is 3.95. The van der Waals surface area contributed by atoms with Crippen molar-refractivity contribution >= 4 is 11.9 Å². The van der Waals surface area contributed by atoms with Crippen molar-refractivity contribution in [2.45, 2.75) is 32.7 Å². The molecule has 0 unspecified atom stereocenters. The predicted octanol–water partition coefficient (Wildman–Crippen LogP) is 5.50. The van der Waals surface area contributed by atoms with Crippen LogP contribution < -0.4 is 10.1 Å². The lowest BCUT2D eigenvalue weighted by Gasteiger charge is -2.14. The summed E-state index contributed by atoms with van der Waals surface area (Å²) >= 11 is 0. The minimum absolute atomic E-state index is 0.0679. The van der Waals surface area contributed by atoms with E-state index in [1.807, 2.05) is 37.3 Å². The van der Waals surface area contributed by atoms with E-state index in [9.17, 15) is 18.4 Å². The third kappa shape index (κ3) is 6.61. The van der Waals surface area contributed by atoms with Crippen LogP contribution >= 0.6 is 0 Å². The number of halogens is 2. The molecule has 0 aliphatic carbocycles. The van der Waals surface area contributed by atoms with Crippen molar-refractivity contribution in [1.82, 2.24) is 10.3 Å². The zero-order valence-corrected chi connectivity index (χ0v) is 20.7. The van der Waals surface area contributed by atoms with E-state index >= 15 is 0 Å². The number of oxazole rings is 1. The number of aryl methyl sites for hydroxylation is 2. The number of rotatable bonds is 11. The van der Waals surface area contributed by atoms with Gasteiger partial charge < -0.3 is 19.6 Å². The van der Waals surface area contributed by atoms with E-state index in [2.05, 4.69) is 10.3 Å². The highest BCUT2D eigenvalue weighted by molar-refractivity contribution is 5.94. The lowest BCUT2D eigenvalue weighted by molar-refractivity contribution is -0.136. The van der Waals surface area contributed by atoms with Gasteiger partial charge in [0, 0.05) is 24.9 Å². The number of ether oxygens (including phenoxy) is 1. The van der Waals surface area contributed by atoms with E-state index in [4.69, 9.17) is 14.3 Å². The summed E-state index contributed by atoms with van der Waals surface area (Å²) in [4.78, 5) is 28.1. The molecule has 2 N–H and O–H groups in total. The lowest BCUT2D eigenvalue weighted by Crippen LogP contribution is -2.25. The molecule has 4 aromatic rings. The highest BCUT2D eigenvalue weighted by Gasteiger charge is 2.18. The van der Waals surface area contributed by atoms with Crippen molar-refractivity contribution in [1.29, 1.82) is 0 Å². The van der Waals surface area contributed by atoms with Gasteiger partial charge in [-0.25, -0.2) is 13.8 Å². The van der Waals surface area contributed by atoms with Crippen molar-refractivity contribution in [3.05, 3.63) is 107 Å². The highest BCUT2D eigenvalue weighted by atomic mass is 19.1. The minimum Gasteiger partial charge on any atom is -0.493 e. The Labute approximate surface area is 218 Å². The molecule has 3 aromatic carbocycles. The van der Waals surface area contributed by atoms with E-state index in [-0.39, 0.29) is 19.4 Å². The van der Waals surface area contributed by atoms with Gasteiger partial charge in [-0.3, -0.25) is 9.59 Å². The summed E-state index contributed by atoms with van der Waals surface area (Å²) in [5, 5.41) is 11.6. The number of aliphatic carboxylic acids is 1. The van der Waals surface area contributed by atoms with Gasteiger partial charge in [0.05, 0.1) is 12.3 Å². The van der Waals surface area contributed by atoms with Crippen LogP contribution in [0.5, 0.6) is 5.75 Å². The van der Waals surface area contributed by atoms with E-state index in [0.717, 1.165) is 23.4 Å². The van der Waals surface area contributed by atoms with Gasteiger partial charge in [-0.05, 0) is 60.9 Å². The molecule has 1 amide bonds. The molecule has 9 heteroatoms. The van der Waals surface area contributed by atoms with Crippen LogP contribution in [0.25, 0.3) is 11.5 Å². The van der Waals surface area contributed by atoms with Crippen molar-refractivity contribution in [3.63, 3.8) is 0 Å². The zero-order chi connectivity index (χ0) is 27.1. The molecule has 7 nitrogen and oxygen atoms in total. The standard InChI is InChI=1S/C29H26F2N2O5/c1-18-25(33-29(38-18)20-6-3-2-4-7-20)14-15-37-22-12-10-19(11-13-26(34)35)21(16-22)17-32-28(36)27-23(30)8-5-9-24(27)31/h2-10,12,16H,11,13-15,17H2,1H3,(H,32,36)(H,34,35). The number of carbonyl (C=O) groups excluding carboxylic acids is 1. The number of aromatic nitrogens is 1. The van der Waals surface area contributed by atoms with Gasteiger partial charge in [-0.2, -0.15) is 0 Å². The zero-order valence-electron chi connectivity index (χ0n) is 20.7. The molecular formula is C29H26F2N2O5. The van der Waals surface area contributed by atoms with Crippen LogP contribution in [0.15, 0.2) is 71.1 Å². The number of carbonyl (C=O) groups is 2. The Kier molecular flexibility index (Phi) is 8.47. The molecule has 196 valence electrons. The van der Waals surface area contributed by atoms with Crippen LogP contribution in [0.2, 0.25) is 0 Å².